The number of amides is 1. The topological polar surface area (TPSA) is 85.8 Å². The van der Waals surface area contributed by atoms with Gasteiger partial charge in [-0.25, -0.2) is 4.68 Å². The zero-order valence-electron chi connectivity index (χ0n) is 11.1. The molecule has 0 spiro atoms. The number of anilines is 1. The Morgan fingerprint density at radius 1 is 1.45 bits per heavy atom. The molecule has 1 aromatic carbocycles. The van der Waals surface area contributed by atoms with E-state index in [0.717, 1.165) is 6.42 Å². The van der Waals surface area contributed by atoms with Gasteiger partial charge in [-0.15, -0.1) is 5.10 Å². The molecule has 0 radical (unpaired) electrons. The van der Waals surface area contributed by atoms with E-state index in [4.69, 9.17) is 17.3 Å². The van der Waals surface area contributed by atoms with E-state index in [1.807, 2.05) is 6.92 Å². The third-order valence-corrected chi connectivity index (χ3v) is 3.06. The second-order valence-corrected chi connectivity index (χ2v) is 4.85. The lowest BCUT2D eigenvalue weighted by atomic mass is 10.2. The van der Waals surface area contributed by atoms with Crippen LogP contribution >= 0.6 is 11.6 Å². The number of hydrogen-bond donors (Lipinski definition) is 2. The molecular weight excluding hydrogens is 278 g/mol. The van der Waals surface area contributed by atoms with E-state index in [0.29, 0.717) is 16.4 Å². The molecular formula is C13H16ClN5O. The first-order chi connectivity index (χ1) is 9.58. The quantitative estimate of drug-likeness (QED) is 0.882. The Kier molecular flexibility index (Phi) is 4.70. The van der Waals surface area contributed by atoms with Crippen molar-refractivity contribution in [1.29, 1.82) is 0 Å². The zero-order valence-corrected chi connectivity index (χ0v) is 11.8. The van der Waals surface area contributed by atoms with Crippen LogP contribution < -0.4 is 11.1 Å². The van der Waals surface area contributed by atoms with E-state index < -0.39 is 0 Å². The van der Waals surface area contributed by atoms with Gasteiger partial charge >= 0.3 is 0 Å². The lowest BCUT2D eigenvalue weighted by Gasteiger charge is -2.05. The number of carbonyl (C=O) groups excluding carboxylic acids is 1. The van der Waals surface area contributed by atoms with Crippen LogP contribution in [0.3, 0.4) is 0 Å². The maximum Gasteiger partial charge on any atom is 0.246 e. The summed E-state index contributed by atoms with van der Waals surface area (Å²) < 4.78 is 1.47. The summed E-state index contributed by atoms with van der Waals surface area (Å²) in [5.41, 5.74) is 7.22. The summed E-state index contributed by atoms with van der Waals surface area (Å²) in [7, 11) is 0. The molecule has 1 unspecified atom stereocenters. The highest BCUT2D eigenvalue weighted by Crippen LogP contribution is 2.13. The third-order valence-electron chi connectivity index (χ3n) is 2.81. The molecule has 2 rings (SSSR count). The van der Waals surface area contributed by atoms with Crippen molar-refractivity contribution in [2.45, 2.75) is 25.9 Å². The molecule has 0 aliphatic carbocycles. The van der Waals surface area contributed by atoms with Crippen molar-refractivity contribution in [3.63, 3.8) is 0 Å². The molecule has 20 heavy (non-hydrogen) atoms. The summed E-state index contributed by atoms with van der Waals surface area (Å²) >= 11 is 5.78. The number of benzene rings is 1. The molecule has 0 fully saturated rings. The molecule has 6 nitrogen and oxygen atoms in total. The number of carbonyl (C=O) groups is 1. The Morgan fingerprint density at radius 3 is 2.80 bits per heavy atom. The lowest BCUT2D eigenvalue weighted by molar-refractivity contribution is -0.116. The van der Waals surface area contributed by atoms with Crippen LogP contribution in [-0.4, -0.2) is 20.9 Å². The van der Waals surface area contributed by atoms with Gasteiger partial charge in [-0.05, 0) is 30.7 Å². The summed E-state index contributed by atoms with van der Waals surface area (Å²) in [4.78, 5) is 11.9. The summed E-state index contributed by atoms with van der Waals surface area (Å²) in [5, 5.41) is 11.2. The summed E-state index contributed by atoms with van der Waals surface area (Å²) in [6.45, 7) is 2.06. The Bertz CT molecular complexity index is 581. The van der Waals surface area contributed by atoms with Crippen LogP contribution in [0.4, 0.5) is 5.69 Å². The average Bonchev–Trinajstić information content (AvgIpc) is 2.89. The molecule has 3 N–H and O–H groups in total. The van der Waals surface area contributed by atoms with Crippen molar-refractivity contribution in [3.05, 3.63) is 41.2 Å². The molecule has 106 valence electrons. The average molecular weight is 294 g/mol. The molecule has 0 bridgehead atoms. The zero-order chi connectivity index (χ0) is 14.5. The fourth-order valence-electron chi connectivity index (χ4n) is 1.65. The van der Waals surface area contributed by atoms with Crippen molar-refractivity contribution >= 4 is 23.2 Å². The van der Waals surface area contributed by atoms with Gasteiger partial charge in [0, 0.05) is 10.7 Å². The standard InChI is InChI=1S/C13H16ClN5O/c1-2-11(15)12-7-19(18-17-12)8-13(20)16-10-5-3-9(14)4-6-10/h3-7,11H,2,8,15H2,1H3,(H,16,20). The van der Waals surface area contributed by atoms with Crippen molar-refractivity contribution < 1.29 is 4.79 Å². The Morgan fingerprint density at radius 2 is 2.15 bits per heavy atom. The second kappa shape index (κ2) is 6.49. The number of halogens is 1. The number of nitrogens with zero attached hydrogens (tertiary/aromatic N) is 3. The van der Waals surface area contributed by atoms with Crippen LogP contribution in [0, 0.1) is 0 Å². The number of hydrogen-bond acceptors (Lipinski definition) is 4. The van der Waals surface area contributed by atoms with Gasteiger partial charge < -0.3 is 11.1 Å². The molecule has 0 aliphatic heterocycles. The SMILES string of the molecule is CCC(N)c1cn(CC(=O)Nc2ccc(Cl)cc2)nn1. The van der Waals surface area contributed by atoms with Crippen LogP contribution in [0.5, 0.6) is 0 Å². The first-order valence-corrected chi connectivity index (χ1v) is 6.67. The lowest BCUT2D eigenvalue weighted by Crippen LogP contribution is -2.19. The molecule has 1 aromatic heterocycles. The van der Waals surface area contributed by atoms with E-state index in [-0.39, 0.29) is 18.5 Å². The van der Waals surface area contributed by atoms with Gasteiger partial charge in [0.1, 0.15) is 6.54 Å². The smallest absolute Gasteiger partial charge is 0.246 e. The summed E-state index contributed by atoms with van der Waals surface area (Å²) in [6.07, 6.45) is 2.46. The van der Waals surface area contributed by atoms with E-state index >= 15 is 0 Å². The van der Waals surface area contributed by atoms with Crippen molar-refractivity contribution in [2.24, 2.45) is 5.73 Å². The van der Waals surface area contributed by atoms with E-state index in [1.54, 1.807) is 30.5 Å². The minimum atomic E-state index is -0.186. The fraction of sp³-hybridized carbons (Fsp3) is 0.308. The second-order valence-electron chi connectivity index (χ2n) is 4.41. The Labute approximate surface area is 121 Å². The molecule has 1 heterocycles. The van der Waals surface area contributed by atoms with E-state index in [9.17, 15) is 4.79 Å². The van der Waals surface area contributed by atoms with Gasteiger partial charge in [-0.3, -0.25) is 4.79 Å². The molecule has 1 amide bonds. The van der Waals surface area contributed by atoms with Gasteiger partial charge in [0.25, 0.3) is 0 Å². The minimum Gasteiger partial charge on any atom is -0.324 e. The third kappa shape index (κ3) is 3.79. The highest BCUT2D eigenvalue weighted by Gasteiger charge is 2.10. The molecule has 2 aromatic rings. The summed E-state index contributed by atoms with van der Waals surface area (Å²) in [5.74, 6) is -0.186. The Balaban J connectivity index is 1.94. The van der Waals surface area contributed by atoms with Gasteiger partial charge in [0.15, 0.2) is 0 Å². The van der Waals surface area contributed by atoms with Crippen molar-refractivity contribution in [1.82, 2.24) is 15.0 Å². The first-order valence-electron chi connectivity index (χ1n) is 6.29. The monoisotopic (exact) mass is 293 g/mol. The van der Waals surface area contributed by atoms with Crippen molar-refractivity contribution in [2.75, 3.05) is 5.32 Å². The van der Waals surface area contributed by atoms with Gasteiger partial charge in [-0.1, -0.05) is 23.7 Å². The predicted octanol–water partition coefficient (Wildman–Crippen LogP) is 1.98. The largest absolute Gasteiger partial charge is 0.324 e. The fourth-order valence-corrected chi connectivity index (χ4v) is 1.78. The normalized spacial score (nSPS) is 12.2. The molecule has 0 saturated carbocycles. The summed E-state index contributed by atoms with van der Waals surface area (Å²) in [6, 6.07) is 6.75. The maximum absolute atomic E-state index is 11.9. The number of nitrogens with two attached hydrogens (primary N) is 1. The molecule has 7 heteroatoms. The van der Waals surface area contributed by atoms with Crippen LogP contribution in [-0.2, 0) is 11.3 Å². The van der Waals surface area contributed by atoms with Crippen LogP contribution in [0.2, 0.25) is 5.02 Å². The van der Waals surface area contributed by atoms with Crippen LogP contribution in [0.1, 0.15) is 25.1 Å². The van der Waals surface area contributed by atoms with Crippen molar-refractivity contribution in [3.8, 4) is 0 Å². The first kappa shape index (κ1) is 14.5. The van der Waals surface area contributed by atoms with E-state index in [1.165, 1.54) is 4.68 Å². The van der Waals surface area contributed by atoms with Crippen LogP contribution in [0.15, 0.2) is 30.5 Å². The molecule has 0 saturated heterocycles. The van der Waals surface area contributed by atoms with Gasteiger partial charge in [-0.2, -0.15) is 0 Å². The van der Waals surface area contributed by atoms with Gasteiger partial charge in [0.2, 0.25) is 5.91 Å². The number of rotatable bonds is 5. The highest BCUT2D eigenvalue weighted by molar-refractivity contribution is 6.30. The minimum absolute atomic E-state index is 0.0893. The van der Waals surface area contributed by atoms with E-state index in [2.05, 4.69) is 15.6 Å². The maximum atomic E-state index is 11.9. The molecule has 1 atom stereocenters. The highest BCUT2D eigenvalue weighted by atomic mass is 35.5. The molecule has 0 aliphatic rings. The van der Waals surface area contributed by atoms with Crippen LogP contribution in [0.25, 0.3) is 0 Å². The predicted molar refractivity (Wildman–Crippen MR) is 77.3 cm³/mol. The Hall–Kier alpha value is -1.92. The number of nitrogens with one attached hydrogen (secondary N) is 1. The number of aromatic nitrogens is 3. The van der Waals surface area contributed by atoms with Gasteiger partial charge in [0.05, 0.1) is 17.9 Å².